The average Bonchev–Trinajstić information content (AvgIpc) is 3.21. The Morgan fingerprint density at radius 2 is 1.64 bits per heavy atom. The van der Waals surface area contributed by atoms with E-state index in [0.717, 1.165) is 0 Å². The van der Waals surface area contributed by atoms with Crippen LogP contribution < -0.4 is 5.73 Å². The quantitative estimate of drug-likeness (QED) is 0.576. The molecule has 2 aromatic heterocycles. The third kappa shape index (κ3) is 5.03. The smallest absolute Gasteiger partial charge is 0.192 e. The van der Waals surface area contributed by atoms with Gasteiger partial charge in [0.05, 0.1) is 12.9 Å². The van der Waals surface area contributed by atoms with Crippen LogP contribution in [0.1, 0.15) is 47.8 Å². The molecule has 2 aromatic rings. The Balaban J connectivity index is 1.94. The molecule has 9 nitrogen and oxygen atoms in total. The van der Waals surface area contributed by atoms with E-state index in [0.29, 0.717) is 17.8 Å². The second-order valence-corrected chi connectivity index (χ2v) is 21.6. The van der Waals surface area contributed by atoms with Crippen LogP contribution in [0.2, 0.25) is 36.3 Å². The number of nitrogen functional groups attached to an aromatic ring is 1. The van der Waals surface area contributed by atoms with Crippen molar-refractivity contribution in [2.24, 2.45) is 0 Å². The summed E-state index contributed by atoms with van der Waals surface area (Å²) in [5, 5.41) is 11.5. The molecule has 0 bridgehead atoms. The molecule has 11 heteroatoms. The third-order valence-electron chi connectivity index (χ3n) is 7.62. The van der Waals surface area contributed by atoms with Crippen molar-refractivity contribution < 1.29 is 18.7 Å². The number of hydrogen-bond donors (Lipinski definition) is 2. The van der Waals surface area contributed by atoms with Crippen molar-refractivity contribution in [1.29, 1.82) is 0 Å². The number of imidazole rings is 1. The molecule has 1 aliphatic rings. The van der Waals surface area contributed by atoms with Gasteiger partial charge in [-0.05, 0) is 36.3 Å². The van der Waals surface area contributed by atoms with Crippen LogP contribution in [-0.2, 0) is 13.6 Å². The third-order valence-corrected chi connectivity index (χ3v) is 16.6. The molecule has 0 aromatic carbocycles. The van der Waals surface area contributed by atoms with Gasteiger partial charge in [0.1, 0.15) is 30.2 Å². The van der Waals surface area contributed by atoms with E-state index in [1.54, 1.807) is 10.9 Å². The highest BCUT2D eigenvalue weighted by Gasteiger charge is 2.51. The first-order valence-corrected chi connectivity index (χ1v) is 17.4. The highest BCUT2D eigenvalue weighted by molar-refractivity contribution is 6.74. The van der Waals surface area contributed by atoms with Crippen molar-refractivity contribution in [2.75, 3.05) is 12.3 Å². The van der Waals surface area contributed by atoms with Crippen LogP contribution in [0.5, 0.6) is 0 Å². The number of aliphatic hydroxyl groups excluding tert-OH is 1. The van der Waals surface area contributed by atoms with E-state index in [4.69, 9.17) is 19.3 Å². The van der Waals surface area contributed by atoms with Crippen molar-refractivity contribution in [2.45, 2.75) is 102 Å². The molecule has 3 heterocycles. The minimum atomic E-state index is -2.20. The maximum atomic E-state index is 11.4. The number of aliphatic hydroxyl groups is 1. The molecule has 3 N–H and O–H groups in total. The second kappa shape index (κ2) is 8.69. The number of fused-ring (bicyclic) bond motifs is 1. The molecule has 3 rings (SSSR count). The normalized spacial score (nSPS) is 25.2. The molecule has 1 saturated heterocycles. The lowest BCUT2D eigenvalue weighted by atomic mass is 10.1. The predicted molar refractivity (Wildman–Crippen MR) is 135 cm³/mol. The van der Waals surface area contributed by atoms with Gasteiger partial charge in [-0.3, -0.25) is 4.57 Å². The molecule has 1 aliphatic heterocycles. The van der Waals surface area contributed by atoms with Crippen LogP contribution in [0, 0.1) is 0 Å². The van der Waals surface area contributed by atoms with Gasteiger partial charge in [0.2, 0.25) is 0 Å². The fraction of sp³-hybridized carbons (Fsp3) is 0.773. The van der Waals surface area contributed by atoms with Crippen LogP contribution in [0.4, 0.5) is 5.82 Å². The maximum absolute atomic E-state index is 11.4. The van der Waals surface area contributed by atoms with Gasteiger partial charge in [-0.25, -0.2) is 15.0 Å². The summed E-state index contributed by atoms with van der Waals surface area (Å²) in [6.07, 6.45) is 0.387. The molecule has 1 fully saturated rings. The van der Waals surface area contributed by atoms with Crippen molar-refractivity contribution >= 4 is 33.6 Å². The van der Waals surface area contributed by atoms with E-state index in [1.165, 1.54) is 6.33 Å². The molecule has 0 aliphatic carbocycles. The molecule has 0 unspecified atom stereocenters. The monoisotopic (exact) mass is 495 g/mol. The summed E-state index contributed by atoms with van der Waals surface area (Å²) in [6, 6.07) is 0. The lowest BCUT2D eigenvalue weighted by Crippen LogP contribution is -2.51. The van der Waals surface area contributed by atoms with Gasteiger partial charge in [-0.1, -0.05) is 41.5 Å². The Labute approximate surface area is 199 Å². The number of rotatable bonds is 6. The summed E-state index contributed by atoms with van der Waals surface area (Å²) in [5.74, 6) is 0.290. The fourth-order valence-electron chi connectivity index (χ4n) is 3.31. The van der Waals surface area contributed by atoms with E-state index in [1.807, 2.05) is 0 Å². The minimum Gasteiger partial charge on any atom is -0.414 e. The maximum Gasteiger partial charge on any atom is 0.192 e. The summed E-state index contributed by atoms with van der Waals surface area (Å²) >= 11 is 0. The Kier molecular flexibility index (Phi) is 6.90. The van der Waals surface area contributed by atoms with E-state index in [-0.39, 0.29) is 15.9 Å². The summed E-state index contributed by atoms with van der Waals surface area (Å²) in [5.41, 5.74) is 6.96. The number of nitrogens with zero attached hydrogens (tertiary/aromatic N) is 4. The van der Waals surface area contributed by atoms with E-state index in [2.05, 4.69) is 82.7 Å². The lowest BCUT2D eigenvalue weighted by Gasteiger charge is -2.41. The second-order valence-electron chi connectivity index (χ2n) is 12.1. The highest BCUT2D eigenvalue weighted by atomic mass is 28.4. The fourth-order valence-corrected chi connectivity index (χ4v) is 5.65. The topological polar surface area (TPSA) is 118 Å². The zero-order chi connectivity index (χ0) is 25.0. The first-order chi connectivity index (χ1) is 15.0. The SMILES string of the molecule is CC(C)(C)[Si](C)(C)OC[C@H]1O[C@@H](n2cnc3c(N)ncnc32)[C@@H](O)[C@@H]1O[Si](C)(C)C(C)(C)C. The molecule has 0 radical (unpaired) electrons. The van der Waals surface area contributed by atoms with Gasteiger partial charge in [0.15, 0.2) is 34.3 Å². The summed E-state index contributed by atoms with van der Waals surface area (Å²) in [6.45, 7) is 22.3. The largest absolute Gasteiger partial charge is 0.414 e. The summed E-state index contributed by atoms with van der Waals surface area (Å²) in [4.78, 5) is 12.7. The molecule has 33 heavy (non-hydrogen) atoms. The van der Waals surface area contributed by atoms with Gasteiger partial charge >= 0.3 is 0 Å². The molecule has 186 valence electrons. The standard InChI is InChI=1S/C22H41N5O4Si2/c1-21(2,3)32(7,8)29-11-14-17(31-33(9,10)22(4,5)6)16(28)20(30-14)27-13-26-15-18(23)24-12-25-19(15)27/h12-14,16-17,20,28H,11H2,1-10H3,(H2,23,24,25)/t14-,16+,17-,20-/m1/s1. The predicted octanol–water partition coefficient (Wildman–Crippen LogP) is 4.08. The number of anilines is 1. The van der Waals surface area contributed by atoms with Gasteiger partial charge < -0.3 is 24.4 Å². The number of nitrogens with two attached hydrogens (primary N) is 1. The van der Waals surface area contributed by atoms with Gasteiger partial charge in [0, 0.05) is 0 Å². The molecule has 0 saturated carbocycles. The van der Waals surface area contributed by atoms with Crippen LogP contribution in [0.15, 0.2) is 12.7 Å². The molecule has 4 atom stereocenters. The van der Waals surface area contributed by atoms with Crippen molar-refractivity contribution in [1.82, 2.24) is 19.5 Å². The van der Waals surface area contributed by atoms with E-state index in [9.17, 15) is 5.11 Å². The molecule has 0 spiro atoms. The Hall–Kier alpha value is -1.38. The lowest BCUT2D eigenvalue weighted by molar-refractivity contribution is -0.0487. The van der Waals surface area contributed by atoms with Gasteiger partial charge in [-0.2, -0.15) is 0 Å². The average molecular weight is 496 g/mol. The van der Waals surface area contributed by atoms with Crippen LogP contribution in [0.25, 0.3) is 11.2 Å². The van der Waals surface area contributed by atoms with Crippen LogP contribution in [0.3, 0.4) is 0 Å². The number of aromatic nitrogens is 4. The van der Waals surface area contributed by atoms with E-state index < -0.39 is 41.2 Å². The highest BCUT2D eigenvalue weighted by Crippen LogP contribution is 2.43. The number of hydrogen-bond acceptors (Lipinski definition) is 8. The molecular weight excluding hydrogens is 454 g/mol. The first kappa shape index (κ1) is 26.2. The van der Waals surface area contributed by atoms with Crippen molar-refractivity contribution in [3.05, 3.63) is 12.7 Å². The van der Waals surface area contributed by atoms with Crippen LogP contribution >= 0.6 is 0 Å². The zero-order valence-electron chi connectivity index (χ0n) is 21.7. The zero-order valence-corrected chi connectivity index (χ0v) is 23.7. The van der Waals surface area contributed by atoms with E-state index >= 15 is 0 Å². The van der Waals surface area contributed by atoms with Crippen LogP contribution in [-0.4, -0.2) is 66.2 Å². The van der Waals surface area contributed by atoms with Gasteiger partial charge in [-0.15, -0.1) is 0 Å². The summed E-state index contributed by atoms with van der Waals surface area (Å²) in [7, 11) is -4.22. The first-order valence-electron chi connectivity index (χ1n) is 11.5. The molecular formula is C22H41N5O4Si2. The minimum absolute atomic E-state index is 0.0149. The summed E-state index contributed by atoms with van der Waals surface area (Å²) < 4.78 is 21.3. The Morgan fingerprint density at radius 3 is 2.21 bits per heavy atom. The number of ether oxygens (including phenoxy) is 1. The Morgan fingerprint density at radius 1 is 1.03 bits per heavy atom. The van der Waals surface area contributed by atoms with Gasteiger partial charge in [0.25, 0.3) is 0 Å². The Bertz CT molecular complexity index is 983. The molecule has 0 amide bonds. The van der Waals surface area contributed by atoms with Crippen molar-refractivity contribution in [3.8, 4) is 0 Å². The van der Waals surface area contributed by atoms with Crippen molar-refractivity contribution in [3.63, 3.8) is 0 Å².